The van der Waals surface area contributed by atoms with Crippen molar-refractivity contribution >= 4 is 27.5 Å². The molecule has 0 atom stereocenters. The molecule has 0 saturated carbocycles. The van der Waals surface area contributed by atoms with Crippen LogP contribution in [0.5, 0.6) is 5.75 Å². The lowest BCUT2D eigenvalue weighted by Gasteiger charge is -2.05. The van der Waals surface area contributed by atoms with E-state index in [4.69, 9.17) is 16.3 Å². The highest BCUT2D eigenvalue weighted by Crippen LogP contribution is 2.16. The van der Waals surface area contributed by atoms with E-state index in [9.17, 15) is 0 Å². The van der Waals surface area contributed by atoms with Gasteiger partial charge in [-0.2, -0.15) is 0 Å². The summed E-state index contributed by atoms with van der Waals surface area (Å²) in [6, 6.07) is 7.35. The molecule has 0 spiro atoms. The first kappa shape index (κ1) is 13.4. The lowest BCUT2D eigenvalue weighted by Crippen LogP contribution is -2.08. The van der Waals surface area contributed by atoms with E-state index in [0.29, 0.717) is 18.2 Å². The molecule has 0 saturated heterocycles. The van der Waals surface area contributed by atoms with E-state index in [1.165, 1.54) is 0 Å². The van der Waals surface area contributed by atoms with Crippen LogP contribution in [-0.2, 0) is 13.0 Å². The SMILES string of the molecule is Clc1cccc(OCCn2cc(CCBr)nn2)c1. The quantitative estimate of drug-likeness (QED) is 0.765. The average molecular weight is 331 g/mol. The van der Waals surface area contributed by atoms with Gasteiger partial charge in [0.2, 0.25) is 0 Å². The van der Waals surface area contributed by atoms with Crippen LogP contribution in [0.2, 0.25) is 5.02 Å². The third kappa shape index (κ3) is 3.99. The standard InChI is InChI=1S/C12H13BrClN3O/c13-5-4-11-9-17(16-15-11)6-7-18-12-3-1-2-10(14)8-12/h1-3,8-9H,4-7H2. The van der Waals surface area contributed by atoms with Crippen molar-refractivity contribution in [1.29, 1.82) is 0 Å². The van der Waals surface area contributed by atoms with E-state index >= 15 is 0 Å². The summed E-state index contributed by atoms with van der Waals surface area (Å²) in [5.74, 6) is 0.767. The Labute approximate surface area is 119 Å². The van der Waals surface area contributed by atoms with Gasteiger partial charge in [0, 0.05) is 23.0 Å². The Kier molecular flexibility index (Phi) is 5.01. The summed E-state index contributed by atoms with van der Waals surface area (Å²) in [6.45, 7) is 1.21. The van der Waals surface area contributed by atoms with Gasteiger partial charge >= 0.3 is 0 Å². The van der Waals surface area contributed by atoms with Crippen LogP contribution in [0.1, 0.15) is 5.69 Å². The first-order valence-corrected chi connectivity index (χ1v) is 7.11. The lowest BCUT2D eigenvalue weighted by molar-refractivity contribution is 0.289. The van der Waals surface area contributed by atoms with Crippen molar-refractivity contribution in [3.63, 3.8) is 0 Å². The number of aromatic nitrogens is 3. The summed E-state index contributed by atoms with van der Waals surface area (Å²) in [5.41, 5.74) is 0.981. The normalized spacial score (nSPS) is 10.6. The molecule has 0 radical (unpaired) electrons. The zero-order valence-electron chi connectivity index (χ0n) is 9.72. The van der Waals surface area contributed by atoms with Crippen LogP contribution < -0.4 is 4.74 Å². The topological polar surface area (TPSA) is 39.9 Å². The molecule has 0 N–H and O–H groups in total. The first-order chi connectivity index (χ1) is 8.78. The summed E-state index contributed by atoms with van der Waals surface area (Å²) in [6.07, 6.45) is 2.82. The van der Waals surface area contributed by atoms with Gasteiger partial charge in [-0.05, 0) is 18.2 Å². The summed E-state index contributed by atoms with van der Waals surface area (Å²) < 4.78 is 7.36. The second-order valence-electron chi connectivity index (χ2n) is 3.72. The van der Waals surface area contributed by atoms with Crippen molar-refractivity contribution in [1.82, 2.24) is 15.0 Å². The maximum absolute atomic E-state index is 5.87. The van der Waals surface area contributed by atoms with E-state index in [-0.39, 0.29) is 0 Å². The highest BCUT2D eigenvalue weighted by Gasteiger charge is 2.00. The van der Waals surface area contributed by atoms with Crippen molar-refractivity contribution in [3.05, 3.63) is 41.2 Å². The maximum Gasteiger partial charge on any atom is 0.120 e. The van der Waals surface area contributed by atoms with Crippen molar-refractivity contribution in [2.45, 2.75) is 13.0 Å². The molecule has 0 aliphatic heterocycles. The second-order valence-corrected chi connectivity index (χ2v) is 4.95. The van der Waals surface area contributed by atoms with Crippen molar-refractivity contribution in [2.24, 2.45) is 0 Å². The minimum absolute atomic E-state index is 0.539. The van der Waals surface area contributed by atoms with E-state index in [2.05, 4.69) is 26.2 Å². The molecule has 1 heterocycles. The number of alkyl halides is 1. The predicted molar refractivity (Wildman–Crippen MR) is 74.5 cm³/mol. The van der Waals surface area contributed by atoms with Gasteiger partial charge < -0.3 is 4.74 Å². The fourth-order valence-electron chi connectivity index (χ4n) is 1.47. The molecule has 1 aromatic carbocycles. The van der Waals surface area contributed by atoms with E-state index in [1.807, 2.05) is 24.4 Å². The van der Waals surface area contributed by atoms with Crippen LogP contribution in [0.15, 0.2) is 30.5 Å². The molecule has 0 fully saturated rings. The molecular formula is C12H13BrClN3O. The largest absolute Gasteiger partial charge is 0.492 e. The van der Waals surface area contributed by atoms with Gasteiger partial charge in [-0.25, -0.2) is 4.68 Å². The molecule has 96 valence electrons. The second kappa shape index (κ2) is 6.75. The zero-order chi connectivity index (χ0) is 12.8. The summed E-state index contributed by atoms with van der Waals surface area (Å²) in [7, 11) is 0. The predicted octanol–water partition coefficient (Wildman–Crippen LogP) is 2.95. The van der Waals surface area contributed by atoms with E-state index in [1.54, 1.807) is 10.7 Å². The van der Waals surface area contributed by atoms with Crippen molar-refractivity contribution in [2.75, 3.05) is 11.9 Å². The highest BCUT2D eigenvalue weighted by atomic mass is 79.9. The highest BCUT2D eigenvalue weighted by molar-refractivity contribution is 9.09. The number of nitrogens with zero attached hydrogens (tertiary/aromatic N) is 3. The first-order valence-electron chi connectivity index (χ1n) is 5.61. The Bertz CT molecular complexity index is 504. The average Bonchev–Trinajstić information content (AvgIpc) is 2.78. The Morgan fingerprint density at radius 2 is 2.28 bits per heavy atom. The number of benzene rings is 1. The molecule has 6 heteroatoms. The van der Waals surface area contributed by atoms with Gasteiger partial charge in [0.25, 0.3) is 0 Å². The van der Waals surface area contributed by atoms with Gasteiger partial charge in [0.05, 0.1) is 12.2 Å². The van der Waals surface area contributed by atoms with E-state index < -0.39 is 0 Å². The Morgan fingerprint density at radius 1 is 1.39 bits per heavy atom. The third-order valence-corrected chi connectivity index (χ3v) is 2.95. The van der Waals surface area contributed by atoms with Gasteiger partial charge in [-0.1, -0.05) is 38.8 Å². The van der Waals surface area contributed by atoms with Gasteiger partial charge in [-0.15, -0.1) is 5.10 Å². The third-order valence-electron chi connectivity index (χ3n) is 2.32. The zero-order valence-corrected chi connectivity index (χ0v) is 12.1. The number of rotatable bonds is 6. The van der Waals surface area contributed by atoms with E-state index in [0.717, 1.165) is 23.2 Å². The van der Waals surface area contributed by atoms with Crippen LogP contribution >= 0.6 is 27.5 Å². The molecule has 2 aromatic rings. The molecule has 0 aliphatic rings. The molecule has 18 heavy (non-hydrogen) atoms. The van der Waals surface area contributed by atoms with Crippen molar-refractivity contribution in [3.8, 4) is 5.75 Å². The molecule has 0 amide bonds. The Balaban J connectivity index is 1.81. The van der Waals surface area contributed by atoms with Gasteiger partial charge in [0.1, 0.15) is 12.4 Å². The molecule has 0 bridgehead atoms. The van der Waals surface area contributed by atoms with Crippen LogP contribution in [0, 0.1) is 0 Å². The van der Waals surface area contributed by atoms with Crippen LogP contribution in [0.4, 0.5) is 0 Å². The van der Waals surface area contributed by atoms with Crippen LogP contribution in [0.25, 0.3) is 0 Å². The van der Waals surface area contributed by atoms with Gasteiger partial charge in [-0.3, -0.25) is 0 Å². The number of hydrogen-bond acceptors (Lipinski definition) is 3. The summed E-state index contributed by atoms with van der Waals surface area (Å²) in [4.78, 5) is 0. The molecule has 0 aliphatic carbocycles. The number of ether oxygens (including phenoxy) is 1. The minimum Gasteiger partial charge on any atom is -0.492 e. The number of hydrogen-bond donors (Lipinski definition) is 0. The van der Waals surface area contributed by atoms with Crippen LogP contribution in [-0.4, -0.2) is 26.9 Å². The molecule has 4 nitrogen and oxygen atoms in total. The fourth-order valence-corrected chi connectivity index (χ4v) is 2.06. The van der Waals surface area contributed by atoms with Crippen LogP contribution in [0.3, 0.4) is 0 Å². The summed E-state index contributed by atoms with van der Waals surface area (Å²) in [5, 5.41) is 9.64. The summed E-state index contributed by atoms with van der Waals surface area (Å²) >= 11 is 9.24. The smallest absolute Gasteiger partial charge is 0.120 e. The Morgan fingerprint density at radius 3 is 3.06 bits per heavy atom. The lowest BCUT2D eigenvalue weighted by atomic mass is 10.3. The monoisotopic (exact) mass is 329 g/mol. The molecule has 0 unspecified atom stereocenters. The maximum atomic E-state index is 5.87. The Hall–Kier alpha value is -1.07. The number of aryl methyl sites for hydroxylation is 1. The van der Waals surface area contributed by atoms with Gasteiger partial charge in [0.15, 0.2) is 0 Å². The minimum atomic E-state index is 0.539. The molecule has 2 rings (SSSR count). The molecular weight excluding hydrogens is 318 g/mol. The number of halogens is 2. The van der Waals surface area contributed by atoms with Crippen molar-refractivity contribution < 1.29 is 4.74 Å². The molecule has 1 aromatic heterocycles. The fraction of sp³-hybridized carbons (Fsp3) is 0.333.